The van der Waals surface area contributed by atoms with Gasteiger partial charge in [-0.25, -0.2) is 0 Å². The first-order chi connectivity index (χ1) is 31.7. The second-order valence-electron chi connectivity index (χ2n) is 22.5. The fourth-order valence-corrected chi connectivity index (χ4v) is 16.9. The van der Waals surface area contributed by atoms with Gasteiger partial charge in [-0.05, 0) is 0 Å². The molecule has 388 valence electrons. The third-order valence-electron chi connectivity index (χ3n) is 16.0. The summed E-state index contributed by atoms with van der Waals surface area (Å²) >= 11 is 0. The number of unbranched alkanes of at least 4 members (excludes halogenated alkanes) is 51. The van der Waals surface area contributed by atoms with E-state index in [1.807, 2.05) is 0 Å². The van der Waals surface area contributed by atoms with E-state index >= 15 is 0 Å². The molecule has 0 amide bonds. The van der Waals surface area contributed by atoms with Gasteiger partial charge in [-0.15, -0.1) is 0 Å². The third-order valence-corrected chi connectivity index (χ3v) is 21.6. The Morgan fingerprint density at radius 3 is 0.328 bits per heavy atom. The van der Waals surface area contributed by atoms with Gasteiger partial charge in [-0.3, -0.25) is 0 Å². The molecule has 0 saturated heterocycles. The fourth-order valence-electron chi connectivity index (χ4n) is 11.4. The van der Waals surface area contributed by atoms with Crippen molar-refractivity contribution < 1.29 is 0 Å². The summed E-state index contributed by atoms with van der Waals surface area (Å²) in [6.07, 6.45) is 89.1. The van der Waals surface area contributed by atoms with E-state index in [1.54, 1.807) is 76.0 Å². The van der Waals surface area contributed by atoms with Gasteiger partial charge < -0.3 is 0 Å². The molecule has 0 N–H and O–H groups in total. The first-order valence-electron chi connectivity index (χ1n) is 31.7. The van der Waals surface area contributed by atoms with Crippen molar-refractivity contribution in [2.45, 2.75) is 381 Å². The monoisotopic (exact) mass is 919 g/mol. The molecule has 0 nitrogen and oxygen atoms in total. The molecule has 1 heteroatoms. The summed E-state index contributed by atoms with van der Waals surface area (Å²) in [4.78, 5) is 0. The van der Waals surface area contributed by atoms with Crippen LogP contribution in [-0.4, -0.2) is 24.6 Å². The number of rotatable bonds is 59. The summed E-state index contributed by atoms with van der Waals surface area (Å²) in [6, 6.07) is 0. The van der Waals surface area contributed by atoms with Crippen LogP contribution in [0.15, 0.2) is 0 Å². The molecule has 0 aliphatic rings. The van der Waals surface area contributed by atoms with Crippen LogP contribution in [0.4, 0.5) is 0 Å². The first kappa shape index (κ1) is 64.4. The topological polar surface area (TPSA) is 0 Å². The van der Waals surface area contributed by atoms with E-state index in [9.17, 15) is 0 Å². The second-order valence-corrected chi connectivity index (χ2v) is 27.5. The molecule has 0 heterocycles. The zero-order chi connectivity index (χ0) is 46.2. The Balaban J connectivity index is 4.91. The molecule has 64 heavy (non-hydrogen) atoms. The summed E-state index contributed by atoms with van der Waals surface area (Å²) in [7, 11) is -1.20. The number of hydrogen-bond donors (Lipinski definition) is 0. The normalized spacial score (nSPS) is 12.2. The quantitative estimate of drug-likeness (QED) is 0.0421. The van der Waals surface area contributed by atoms with E-state index in [-0.39, 0.29) is 0 Å². The first-order valence-corrected chi connectivity index (χ1v) is 34.6. The van der Waals surface area contributed by atoms with Gasteiger partial charge in [0.15, 0.2) is 0 Å². The summed E-state index contributed by atoms with van der Waals surface area (Å²) < 4.78 is 0. The molecule has 0 aromatic carbocycles. The van der Waals surface area contributed by atoms with E-state index in [2.05, 4.69) is 27.7 Å². The molecular formula is C63H131P. The zero-order valence-electron chi connectivity index (χ0n) is 46.2. The Labute approximate surface area is 410 Å². The van der Waals surface area contributed by atoms with Crippen molar-refractivity contribution in [2.24, 2.45) is 0 Å². The van der Waals surface area contributed by atoms with E-state index in [4.69, 9.17) is 0 Å². The Hall–Kier alpha value is 0.430. The molecule has 0 saturated carbocycles. The van der Waals surface area contributed by atoms with E-state index < -0.39 is 7.26 Å². The fraction of sp³-hybridized carbons (Fsp3) is 1.00. The van der Waals surface area contributed by atoms with Crippen molar-refractivity contribution in [3.05, 3.63) is 0 Å². The molecular weight excluding hydrogens is 788 g/mol. The average Bonchev–Trinajstić information content (AvgIpc) is 3.30. The molecule has 0 spiro atoms. The molecule has 0 aromatic rings. The molecule has 0 aliphatic carbocycles. The van der Waals surface area contributed by atoms with Crippen LogP contribution in [0.2, 0.25) is 0 Å². The summed E-state index contributed by atoms with van der Waals surface area (Å²) in [6.45, 7) is 9.35. The van der Waals surface area contributed by atoms with Gasteiger partial charge in [0.05, 0.1) is 0 Å². The van der Waals surface area contributed by atoms with Crippen LogP contribution in [0.3, 0.4) is 0 Å². The van der Waals surface area contributed by atoms with Crippen molar-refractivity contribution in [3.63, 3.8) is 0 Å². The van der Waals surface area contributed by atoms with Crippen LogP contribution >= 0.6 is 7.26 Å². The summed E-state index contributed by atoms with van der Waals surface area (Å²) in [5, 5.41) is 0. The van der Waals surface area contributed by atoms with Gasteiger partial charge in [0.2, 0.25) is 0 Å². The van der Waals surface area contributed by atoms with Gasteiger partial charge in [-0.1, -0.05) is 98.3 Å². The van der Waals surface area contributed by atoms with Crippen molar-refractivity contribution in [1.29, 1.82) is 0 Å². The van der Waals surface area contributed by atoms with Gasteiger partial charge >= 0.3 is 314 Å². The van der Waals surface area contributed by atoms with Crippen LogP contribution in [-0.2, 0) is 0 Å². The van der Waals surface area contributed by atoms with E-state index in [0.29, 0.717) is 0 Å². The minimum Gasteiger partial charge on any atom is -0.0654 e. The minimum absolute atomic E-state index is 1.20. The molecule has 0 fully saturated rings. The average molecular weight is 920 g/mol. The summed E-state index contributed by atoms with van der Waals surface area (Å²) in [5.74, 6) is 0. The molecule has 0 unspecified atom stereocenters. The Kier molecular flexibility index (Phi) is 58.1. The van der Waals surface area contributed by atoms with Crippen LogP contribution < -0.4 is 0 Å². The molecule has 0 aromatic heterocycles. The molecule has 0 radical (unpaired) electrons. The van der Waals surface area contributed by atoms with Gasteiger partial charge in [0.25, 0.3) is 0 Å². The Bertz CT molecular complexity index is 714. The van der Waals surface area contributed by atoms with Gasteiger partial charge in [-0.2, -0.15) is 0 Å². The Morgan fingerprint density at radius 2 is 0.219 bits per heavy atom. The third kappa shape index (κ3) is 51.8. The van der Waals surface area contributed by atoms with Crippen LogP contribution in [0.25, 0.3) is 0 Å². The van der Waals surface area contributed by atoms with E-state index in [0.717, 1.165) is 0 Å². The zero-order valence-corrected chi connectivity index (χ0v) is 47.2. The maximum absolute atomic E-state index is 2.34. The minimum atomic E-state index is -1.20. The number of hydrogen-bond acceptors (Lipinski definition) is 0. The molecule has 0 bridgehead atoms. The molecule has 0 aliphatic heterocycles. The van der Waals surface area contributed by atoms with Crippen molar-refractivity contribution >= 4 is 7.26 Å². The smallest absolute Gasteiger partial charge is 0.0654 e. The Morgan fingerprint density at radius 1 is 0.125 bits per heavy atom. The predicted octanol–water partition coefficient (Wildman–Crippen LogP) is 24.3. The van der Waals surface area contributed by atoms with Crippen molar-refractivity contribution in [3.8, 4) is 0 Å². The SMILES string of the molecule is CCCCCCCCCCCCCCCCCC[PH](CCCCCCCCCCCCCCC)(CCCCCCCCCCCCCCC)CCCCCCCCCCCCCCC. The van der Waals surface area contributed by atoms with Crippen molar-refractivity contribution in [2.75, 3.05) is 24.6 Å². The van der Waals surface area contributed by atoms with Crippen LogP contribution in [0.5, 0.6) is 0 Å². The standard InChI is InChI=1S/C63H131P/c1-5-9-13-17-21-25-29-33-34-35-39-43-47-51-55-59-63-64(60-56-52-48-44-40-36-30-26-22-18-14-10-6-2,61-57-53-49-45-41-37-31-27-23-19-15-11-7-3)62-58-54-50-46-42-38-32-28-24-20-16-12-8-4/h64H,5-63H2,1-4H3. The van der Waals surface area contributed by atoms with Gasteiger partial charge in [0.1, 0.15) is 0 Å². The molecule has 0 rings (SSSR count). The molecule has 0 atom stereocenters. The second kappa shape index (κ2) is 57.7. The summed E-state index contributed by atoms with van der Waals surface area (Å²) in [5.41, 5.74) is 0. The predicted molar refractivity (Wildman–Crippen MR) is 304 cm³/mol. The van der Waals surface area contributed by atoms with E-state index in [1.165, 1.54) is 302 Å². The maximum atomic E-state index is 2.34. The van der Waals surface area contributed by atoms with Gasteiger partial charge in [0, 0.05) is 0 Å². The van der Waals surface area contributed by atoms with Crippen LogP contribution in [0, 0.1) is 0 Å². The van der Waals surface area contributed by atoms with Crippen LogP contribution in [0.1, 0.15) is 381 Å². The van der Waals surface area contributed by atoms with Crippen molar-refractivity contribution in [1.82, 2.24) is 0 Å².